The first-order chi connectivity index (χ1) is 11.2. The SMILES string of the molecule is CCCCCCCCC(=O)N/N=C/c1ccc(OC)c(OC)c1. The molecular weight excluding hydrogens is 292 g/mol. The minimum atomic E-state index is -0.0442. The number of hydrogen-bond donors (Lipinski definition) is 1. The van der Waals surface area contributed by atoms with Gasteiger partial charge in [-0.3, -0.25) is 4.79 Å². The second-order valence-electron chi connectivity index (χ2n) is 5.43. The second kappa shape index (κ2) is 11.5. The number of carbonyl (C=O) groups excluding carboxylic acids is 1. The first-order valence-electron chi connectivity index (χ1n) is 8.25. The van der Waals surface area contributed by atoms with E-state index < -0.39 is 0 Å². The van der Waals surface area contributed by atoms with E-state index in [2.05, 4.69) is 17.5 Å². The number of nitrogens with zero attached hydrogens (tertiary/aromatic N) is 1. The zero-order valence-electron chi connectivity index (χ0n) is 14.4. The summed E-state index contributed by atoms with van der Waals surface area (Å²) in [5, 5.41) is 3.98. The van der Waals surface area contributed by atoms with Gasteiger partial charge in [0.15, 0.2) is 11.5 Å². The molecule has 5 nitrogen and oxygen atoms in total. The normalized spacial score (nSPS) is 10.7. The number of methoxy groups -OCH3 is 2. The van der Waals surface area contributed by atoms with E-state index in [-0.39, 0.29) is 5.91 Å². The number of carbonyl (C=O) groups is 1. The molecule has 128 valence electrons. The molecule has 23 heavy (non-hydrogen) atoms. The molecule has 1 rings (SSSR count). The molecule has 0 saturated carbocycles. The lowest BCUT2D eigenvalue weighted by atomic mass is 10.1. The average molecular weight is 320 g/mol. The third-order valence-electron chi connectivity index (χ3n) is 3.57. The van der Waals surface area contributed by atoms with Crippen LogP contribution < -0.4 is 14.9 Å². The third-order valence-corrected chi connectivity index (χ3v) is 3.57. The van der Waals surface area contributed by atoms with Crippen molar-refractivity contribution in [2.45, 2.75) is 51.9 Å². The Hall–Kier alpha value is -2.04. The van der Waals surface area contributed by atoms with Crippen LogP contribution in [0.25, 0.3) is 0 Å². The van der Waals surface area contributed by atoms with Crippen LogP contribution in [0.2, 0.25) is 0 Å². The molecule has 0 fully saturated rings. The van der Waals surface area contributed by atoms with Gasteiger partial charge in [-0.25, -0.2) is 5.43 Å². The fraction of sp³-hybridized carbons (Fsp3) is 0.556. The maximum atomic E-state index is 11.7. The van der Waals surface area contributed by atoms with Crippen molar-refractivity contribution in [1.29, 1.82) is 0 Å². The lowest BCUT2D eigenvalue weighted by Gasteiger charge is -2.07. The van der Waals surface area contributed by atoms with Crippen LogP contribution >= 0.6 is 0 Å². The Bertz CT molecular complexity index is 501. The summed E-state index contributed by atoms with van der Waals surface area (Å²) >= 11 is 0. The van der Waals surface area contributed by atoms with Gasteiger partial charge in [0.05, 0.1) is 20.4 Å². The van der Waals surface area contributed by atoms with Gasteiger partial charge < -0.3 is 9.47 Å². The van der Waals surface area contributed by atoms with E-state index in [1.54, 1.807) is 26.5 Å². The average Bonchev–Trinajstić information content (AvgIpc) is 2.57. The summed E-state index contributed by atoms with van der Waals surface area (Å²) in [6, 6.07) is 5.46. The predicted molar refractivity (Wildman–Crippen MR) is 93.3 cm³/mol. The third kappa shape index (κ3) is 7.68. The lowest BCUT2D eigenvalue weighted by molar-refractivity contribution is -0.121. The molecule has 1 aromatic carbocycles. The summed E-state index contributed by atoms with van der Waals surface area (Å²) in [4.78, 5) is 11.7. The van der Waals surface area contributed by atoms with Crippen LogP contribution in [0.1, 0.15) is 57.4 Å². The molecule has 0 unspecified atom stereocenters. The Balaban J connectivity index is 2.31. The number of hydrogen-bond acceptors (Lipinski definition) is 4. The Morgan fingerprint density at radius 3 is 2.48 bits per heavy atom. The maximum absolute atomic E-state index is 11.7. The highest BCUT2D eigenvalue weighted by Gasteiger charge is 2.03. The molecule has 0 spiro atoms. The van der Waals surface area contributed by atoms with Gasteiger partial charge in [0, 0.05) is 6.42 Å². The highest BCUT2D eigenvalue weighted by Crippen LogP contribution is 2.26. The van der Waals surface area contributed by atoms with E-state index in [4.69, 9.17) is 9.47 Å². The number of hydrazone groups is 1. The fourth-order valence-corrected chi connectivity index (χ4v) is 2.23. The topological polar surface area (TPSA) is 59.9 Å². The van der Waals surface area contributed by atoms with E-state index >= 15 is 0 Å². The molecular formula is C18H28N2O3. The standard InChI is InChI=1S/C18H28N2O3/c1-4-5-6-7-8-9-10-18(21)20-19-14-15-11-12-16(22-2)17(13-15)23-3/h11-14H,4-10H2,1-3H3,(H,20,21)/b19-14+. The zero-order valence-corrected chi connectivity index (χ0v) is 14.4. The number of benzene rings is 1. The van der Waals surface area contributed by atoms with Crippen molar-refractivity contribution in [2.75, 3.05) is 14.2 Å². The van der Waals surface area contributed by atoms with Crippen molar-refractivity contribution in [1.82, 2.24) is 5.43 Å². The molecule has 0 atom stereocenters. The van der Waals surface area contributed by atoms with Gasteiger partial charge in [-0.2, -0.15) is 5.10 Å². The summed E-state index contributed by atoms with van der Waals surface area (Å²) < 4.78 is 10.4. The van der Waals surface area contributed by atoms with Crippen LogP contribution in [0.5, 0.6) is 11.5 Å². The van der Waals surface area contributed by atoms with E-state index in [0.717, 1.165) is 18.4 Å². The van der Waals surface area contributed by atoms with Gasteiger partial charge in [-0.1, -0.05) is 39.0 Å². The van der Waals surface area contributed by atoms with Crippen molar-refractivity contribution in [3.05, 3.63) is 23.8 Å². The summed E-state index contributed by atoms with van der Waals surface area (Å²) in [5.74, 6) is 1.25. The number of rotatable bonds is 11. The monoisotopic (exact) mass is 320 g/mol. The maximum Gasteiger partial charge on any atom is 0.240 e. The largest absolute Gasteiger partial charge is 0.493 e. The van der Waals surface area contributed by atoms with Crippen molar-refractivity contribution in [3.63, 3.8) is 0 Å². The quantitative estimate of drug-likeness (QED) is 0.382. The first-order valence-corrected chi connectivity index (χ1v) is 8.25. The smallest absolute Gasteiger partial charge is 0.240 e. The van der Waals surface area contributed by atoms with Crippen LogP contribution in [-0.2, 0) is 4.79 Å². The molecule has 1 amide bonds. The minimum absolute atomic E-state index is 0.0442. The van der Waals surface area contributed by atoms with E-state index in [9.17, 15) is 4.79 Å². The number of ether oxygens (including phenoxy) is 2. The van der Waals surface area contributed by atoms with Gasteiger partial charge in [-0.05, 0) is 30.2 Å². The van der Waals surface area contributed by atoms with E-state index in [0.29, 0.717) is 17.9 Å². The molecule has 5 heteroatoms. The molecule has 0 aliphatic heterocycles. The van der Waals surface area contributed by atoms with Gasteiger partial charge in [0.2, 0.25) is 5.91 Å². The molecule has 1 N–H and O–H groups in total. The lowest BCUT2D eigenvalue weighted by Crippen LogP contribution is -2.16. The van der Waals surface area contributed by atoms with Crippen molar-refractivity contribution in [2.24, 2.45) is 5.10 Å². The molecule has 1 aromatic rings. The highest BCUT2D eigenvalue weighted by atomic mass is 16.5. The Labute approximate surface area is 139 Å². The van der Waals surface area contributed by atoms with Crippen LogP contribution in [0.15, 0.2) is 23.3 Å². The molecule has 0 heterocycles. The van der Waals surface area contributed by atoms with E-state index in [1.807, 2.05) is 12.1 Å². The van der Waals surface area contributed by atoms with Crippen molar-refractivity contribution >= 4 is 12.1 Å². The summed E-state index contributed by atoms with van der Waals surface area (Å²) in [6.45, 7) is 2.20. The minimum Gasteiger partial charge on any atom is -0.493 e. The number of amides is 1. The Morgan fingerprint density at radius 2 is 1.78 bits per heavy atom. The van der Waals surface area contributed by atoms with Gasteiger partial charge in [0.1, 0.15) is 0 Å². The van der Waals surface area contributed by atoms with Gasteiger partial charge in [0.25, 0.3) is 0 Å². The van der Waals surface area contributed by atoms with Crippen LogP contribution in [0.4, 0.5) is 0 Å². The molecule has 0 radical (unpaired) electrons. The molecule has 0 bridgehead atoms. The number of unbranched alkanes of at least 4 members (excludes halogenated alkanes) is 5. The summed E-state index contributed by atoms with van der Waals surface area (Å²) in [6.07, 6.45) is 9.13. The molecule has 0 aromatic heterocycles. The van der Waals surface area contributed by atoms with Crippen LogP contribution in [-0.4, -0.2) is 26.3 Å². The summed E-state index contributed by atoms with van der Waals surface area (Å²) in [5.41, 5.74) is 3.39. The first kappa shape index (κ1) is 19.0. The Kier molecular flexibility index (Phi) is 9.52. The Morgan fingerprint density at radius 1 is 1.09 bits per heavy atom. The number of nitrogens with one attached hydrogen (secondary N) is 1. The second-order valence-corrected chi connectivity index (χ2v) is 5.43. The molecule has 0 saturated heterocycles. The molecule has 0 aliphatic rings. The van der Waals surface area contributed by atoms with Crippen molar-refractivity contribution in [3.8, 4) is 11.5 Å². The van der Waals surface area contributed by atoms with Crippen LogP contribution in [0.3, 0.4) is 0 Å². The highest BCUT2D eigenvalue weighted by molar-refractivity contribution is 5.83. The fourth-order valence-electron chi connectivity index (χ4n) is 2.23. The van der Waals surface area contributed by atoms with Gasteiger partial charge >= 0.3 is 0 Å². The van der Waals surface area contributed by atoms with Gasteiger partial charge in [-0.15, -0.1) is 0 Å². The van der Waals surface area contributed by atoms with Crippen molar-refractivity contribution < 1.29 is 14.3 Å². The van der Waals surface area contributed by atoms with E-state index in [1.165, 1.54) is 25.7 Å². The predicted octanol–water partition coefficient (Wildman–Crippen LogP) is 3.90. The summed E-state index contributed by atoms with van der Waals surface area (Å²) in [7, 11) is 3.18. The van der Waals surface area contributed by atoms with Crippen LogP contribution in [0, 0.1) is 0 Å². The molecule has 0 aliphatic carbocycles. The zero-order chi connectivity index (χ0) is 16.9.